The predicted octanol–water partition coefficient (Wildman–Crippen LogP) is 0.543. The standard InChI is InChI=1S/C12H15F3N2O4/c13-12(14,15)8-1-3-9(4-2-8)16-10(21)17-11(5-18,6-19)7-20/h1-4,18-20H,5-7H2,(H2,16,17,21). The molecule has 21 heavy (non-hydrogen) atoms. The normalized spacial score (nSPS) is 12.1. The number of urea groups is 1. The number of hydrogen-bond donors (Lipinski definition) is 5. The quantitative estimate of drug-likeness (QED) is 0.548. The van der Waals surface area contributed by atoms with Gasteiger partial charge in [-0.15, -0.1) is 0 Å². The third-order valence-corrected chi connectivity index (χ3v) is 2.76. The van der Waals surface area contributed by atoms with E-state index >= 15 is 0 Å². The number of aliphatic hydroxyl groups is 3. The summed E-state index contributed by atoms with van der Waals surface area (Å²) in [6, 6.07) is 2.83. The first kappa shape index (κ1) is 17.2. The molecule has 1 aromatic carbocycles. The Bertz CT molecular complexity index is 464. The molecule has 118 valence electrons. The zero-order valence-electron chi connectivity index (χ0n) is 10.8. The highest BCUT2D eigenvalue weighted by Crippen LogP contribution is 2.29. The molecule has 1 aromatic rings. The van der Waals surface area contributed by atoms with Gasteiger partial charge in [0.2, 0.25) is 0 Å². The lowest BCUT2D eigenvalue weighted by Crippen LogP contribution is -2.58. The number of anilines is 1. The summed E-state index contributed by atoms with van der Waals surface area (Å²) < 4.78 is 37.1. The van der Waals surface area contributed by atoms with Crippen LogP contribution in [-0.4, -0.2) is 46.7 Å². The van der Waals surface area contributed by atoms with Gasteiger partial charge in [-0.05, 0) is 24.3 Å². The Hall–Kier alpha value is -1.84. The maximum atomic E-state index is 12.4. The first-order valence-corrected chi connectivity index (χ1v) is 5.85. The Kier molecular flexibility index (Phi) is 5.53. The number of hydrogen-bond acceptors (Lipinski definition) is 4. The zero-order valence-corrected chi connectivity index (χ0v) is 10.8. The van der Waals surface area contributed by atoms with E-state index < -0.39 is 43.1 Å². The van der Waals surface area contributed by atoms with E-state index in [2.05, 4.69) is 10.6 Å². The third kappa shape index (κ3) is 4.59. The van der Waals surface area contributed by atoms with Crippen molar-refractivity contribution in [3.8, 4) is 0 Å². The maximum absolute atomic E-state index is 12.4. The van der Waals surface area contributed by atoms with E-state index in [1.54, 1.807) is 0 Å². The number of benzene rings is 1. The first-order chi connectivity index (χ1) is 9.76. The minimum Gasteiger partial charge on any atom is -0.394 e. The van der Waals surface area contributed by atoms with E-state index in [9.17, 15) is 18.0 Å². The van der Waals surface area contributed by atoms with Gasteiger partial charge in [-0.1, -0.05) is 0 Å². The van der Waals surface area contributed by atoms with Gasteiger partial charge in [0.1, 0.15) is 5.54 Å². The van der Waals surface area contributed by atoms with Gasteiger partial charge in [0.05, 0.1) is 25.4 Å². The number of aliphatic hydroxyl groups excluding tert-OH is 3. The Morgan fingerprint density at radius 3 is 1.86 bits per heavy atom. The van der Waals surface area contributed by atoms with Crippen LogP contribution >= 0.6 is 0 Å². The summed E-state index contributed by atoms with van der Waals surface area (Å²) in [5, 5.41) is 31.5. The van der Waals surface area contributed by atoms with E-state index in [1.807, 2.05) is 0 Å². The van der Waals surface area contributed by atoms with Crippen molar-refractivity contribution in [2.75, 3.05) is 25.1 Å². The van der Waals surface area contributed by atoms with Crippen LogP contribution in [0.4, 0.5) is 23.7 Å². The largest absolute Gasteiger partial charge is 0.416 e. The second-order valence-electron chi connectivity index (χ2n) is 4.41. The van der Waals surface area contributed by atoms with Crippen molar-refractivity contribution in [3.05, 3.63) is 29.8 Å². The van der Waals surface area contributed by atoms with Crippen LogP contribution in [0.15, 0.2) is 24.3 Å². The van der Waals surface area contributed by atoms with E-state index in [0.29, 0.717) is 0 Å². The maximum Gasteiger partial charge on any atom is 0.416 e. The summed E-state index contributed by atoms with van der Waals surface area (Å²) in [6.45, 7) is -2.12. The predicted molar refractivity (Wildman–Crippen MR) is 67.6 cm³/mol. The van der Waals surface area contributed by atoms with Crippen LogP contribution in [0, 0.1) is 0 Å². The van der Waals surface area contributed by atoms with Gasteiger partial charge in [-0.2, -0.15) is 13.2 Å². The van der Waals surface area contributed by atoms with Gasteiger partial charge in [-0.3, -0.25) is 0 Å². The van der Waals surface area contributed by atoms with Crippen LogP contribution in [-0.2, 0) is 6.18 Å². The minimum absolute atomic E-state index is 0.0863. The molecule has 0 aliphatic carbocycles. The number of alkyl halides is 3. The molecule has 0 unspecified atom stereocenters. The summed E-state index contributed by atoms with van der Waals surface area (Å²) in [4.78, 5) is 11.6. The van der Waals surface area contributed by atoms with Crippen molar-refractivity contribution < 1.29 is 33.3 Å². The molecule has 0 saturated carbocycles. The molecule has 0 atom stereocenters. The number of nitrogens with one attached hydrogen (secondary N) is 2. The summed E-state index contributed by atoms with van der Waals surface area (Å²) in [7, 11) is 0. The molecule has 9 heteroatoms. The van der Waals surface area contributed by atoms with Crippen LogP contribution in [0.3, 0.4) is 0 Å². The molecule has 0 aliphatic heterocycles. The lowest BCUT2D eigenvalue weighted by Gasteiger charge is -2.28. The highest BCUT2D eigenvalue weighted by molar-refractivity contribution is 5.89. The molecule has 0 radical (unpaired) electrons. The van der Waals surface area contributed by atoms with Gasteiger partial charge in [-0.25, -0.2) is 4.79 Å². The monoisotopic (exact) mass is 308 g/mol. The first-order valence-electron chi connectivity index (χ1n) is 5.85. The fourth-order valence-corrected chi connectivity index (χ4v) is 1.41. The molecule has 1 rings (SSSR count). The number of carbonyl (C=O) groups is 1. The van der Waals surface area contributed by atoms with E-state index in [1.165, 1.54) is 0 Å². The van der Waals surface area contributed by atoms with E-state index in [4.69, 9.17) is 15.3 Å². The van der Waals surface area contributed by atoms with Crippen molar-refractivity contribution in [2.24, 2.45) is 0 Å². The van der Waals surface area contributed by atoms with Crippen LogP contribution in [0.1, 0.15) is 5.56 Å². The van der Waals surface area contributed by atoms with Gasteiger partial charge >= 0.3 is 12.2 Å². The molecule has 2 amide bonds. The number of amides is 2. The summed E-state index contributed by atoms with van der Waals surface area (Å²) >= 11 is 0. The Morgan fingerprint density at radius 1 is 1.00 bits per heavy atom. The van der Waals surface area contributed by atoms with Crippen molar-refractivity contribution in [2.45, 2.75) is 11.7 Å². The summed E-state index contributed by atoms with van der Waals surface area (Å²) in [5.74, 6) is 0. The number of halogens is 3. The zero-order chi connectivity index (χ0) is 16.1. The Labute approximate surface area is 118 Å². The lowest BCUT2D eigenvalue weighted by molar-refractivity contribution is -0.137. The van der Waals surface area contributed by atoms with Gasteiger partial charge in [0.15, 0.2) is 0 Å². The highest BCUT2D eigenvalue weighted by Gasteiger charge is 2.31. The van der Waals surface area contributed by atoms with Gasteiger partial charge in [0, 0.05) is 5.69 Å². The third-order valence-electron chi connectivity index (χ3n) is 2.76. The van der Waals surface area contributed by atoms with Crippen LogP contribution in [0.25, 0.3) is 0 Å². The van der Waals surface area contributed by atoms with Crippen molar-refractivity contribution in [3.63, 3.8) is 0 Å². The molecule has 0 heterocycles. The van der Waals surface area contributed by atoms with Crippen LogP contribution in [0.5, 0.6) is 0 Å². The Morgan fingerprint density at radius 2 is 1.48 bits per heavy atom. The highest BCUT2D eigenvalue weighted by atomic mass is 19.4. The van der Waals surface area contributed by atoms with Gasteiger partial charge in [0.25, 0.3) is 0 Å². The molecule has 0 aliphatic rings. The molecule has 6 nitrogen and oxygen atoms in total. The van der Waals surface area contributed by atoms with Crippen LogP contribution in [0.2, 0.25) is 0 Å². The lowest BCUT2D eigenvalue weighted by atomic mass is 10.0. The fraction of sp³-hybridized carbons (Fsp3) is 0.417. The topological polar surface area (TPSA) is 102 Å². The Balaban J connectivity index is 2.71. The van der Waals surface area contributed by atoms with E-state index in [0.717, 1.165) is 24.3 Å². The molecule has 0 fully saturated rings. The molecule has 5 N–H and O–H groups in total. The summed E-state index contributed by atoms with van der Waals surface area (Å²) in [5.41, 5.74) is -2.39. The molecular formula is C12H15F3N2O4. The number of rotatable bonds is 5. The average molecular weight is 308 g/mol. The molecule has 0 aromatic heterocycles. The van der Waals surface area contributed by atoms with Crippen molar-refractivity contribution in [1.82, 2.24) is 5.32 Å². The van der Waals surface area contributed by atoms with Crippen molar-refractivity contribution in [1.29, 1.82) is 0 Å². The second-order valence-corrected chi connectivity index (χ2v) is 4.41. The van der Waals surface area contributed by atoms with Crippen LogP contribution < -0.4 is 10.6 Å². The summed E-state index contributed by atoms with van der Waals surface area (Å²) in [6.07, 6.45) is -4.47. The molecule has 0 bridgehead atoms. The van der Waals surface area contributed by atoms with Gasteiger partial charge < -0.3 is 26.0 Å². The number of carbonyl (C=O) groups excluding carboxylic acids is 1. The fourth-order valence-electron chi connectivity index (χ4n) is 1.41. The molecule has 0 saturated heterocycles. The smallest absolute Gasteiger partial charge is 0.394 e. The molecular weight excluding hydrogens is 293 g/mol. The average Bonchev–Trinajstić information content (AvgIpc) is 2.44. The minimum atomic E-state index is -4.47. The molecule has 0 spiro atoms. The van der Waals surface area contributed by atoms with E-state index in [-0.39, 0.29) is 5.69 Å². The SMILES string of the molecule is O=C(Nc1ccc(C(F)(F)F)cc1)NC(CO)(CO)CO. The second kappa shape index (κ2) is 6.74. The van der Waals surface area contributed by atoms with Crippen molar-refractivity contribution >= 4 is 11.7 Å².